The Morgan fingerprint density at radius 1 is 1.37 bits per heavy atom. The van der Waals surface area contributed by atoms with Gasteiger partial charge in [0.15, 0.2) is 0 Å². The Morgan fingerprint density at radius 2 is 2.16 bits per heavy atom. The van der Waals surface area contributed by atoms with Crippen molar-refractivity contribution in [3.8, 4) is 0 Å². The monoisotopic (exact) mass is 261 g/mol. The van der Waals surface area contributed by atoms with Gasteiger partial charge < -0.3 is 14.8 Å². The summed E-state index contributed by atoms with van der Waals surface area (Å²) in [4.78, 5) is 11.8. The smallest absolute Gasteiger partial charge is 0.338 e. The van der Waals surface area contributed by atoms with E-state index >= 15 is 0 Å². The first-order chi connectivity index (χ1) is 9.31. The number of benzene rings is 1. The number of esters is 1. The van der Waals surface area contributed by atoms with Gasteiger partial charge in [0.2, 0.25) is 0 Å². The summed E-state index contributed by atoms with van der Waals surface area (Å²) in [5.41, 5.74) is 2.74. The molecule has 0 bridgehead atoms. The molecule has 1 aliphatic rings. The van der Waals surface area contributed by atoms with Crippen LogP contribution in [0.3, 0.4) is 0 Å². The van der Waals surface area contributed by atoms with E-state index < -0.39 is 0 Å². The van der Waals surface area contributed by atoms with Crippen molar-refractivity contribution in [1.82, 2.24) is 5.32 Å². The summed E-state index contributed by atoms with van der Waals surface area (Å²) in [5.74, 6) is -0.280. The molecule has 0 atom stereocenters. The summed E-state index contributed by atoms with van der Waals surface area (Å²) in [5, 5.41) is 3.33. The van der Waals surface area contributed by atoms with Crippen molar-refractivity contribution in [3.05, 3.63) is 47.2 Å². The van der Waals surface area contributed by atoms with Crippen LogP contribution in [0.1, 0.15) is 18.9 Å². The quantitative estimate of drug-likeness (QED) is 0.824. The normalized spacial score (nSPS) is 15.2. The third-order valence-corrected chi connectivity index (χ3v) is 2.98. The number of ether oxygens (including phenoxy) is 2. The van der Waals surface area contributed by atoms with Gasteiger partial charge in [0, 0.05) is 18.7 Å². The van der Waals surface area contributed by atoms with E-state index in [4.69, 9.17) is 9.47 Å². The maximum atomic E-state index is 11.8. The van der Waals surface area contributed by atoms with Crippen LogP contribution in [-0.2, 0) is 20.8 Å². The molecule has 0 aliphatic carbocycles. The molecule has 2 rings (SSSR count). The van der Waals surface area contributed by atoms with Crippen molar-refractivity contribution < 1.29 is 14.3 Å². The second-order valence-corrected chi connectivity index (χ2v) is 4.32. The molecule has 0 spiro atoms. The van der Waals surface area contributed by atoms with Gasteiger partial charge in [-0.3, -0.25) is 0 Å². The highest BCUT2D eigenvalue weighted by Crippen LogP contribution is 2.15. The molecule has 1 heterocycles. The van der Waals surface area contributed by atoms with Gasteiger partial charge in [-0.25, -0.2) is 4.79 Å². The Kier molecular flexibility index (Phi) is 4.98. The Balaban J connectivity index is 2.04. The Labute approximate surface area is 113 Å². The third kappa shape index (κ3) is 3.83. The molecule has 0 radical (unpaired) electrons. The van der Waals surface area contributed by atoms with Crippen LogP contribution in [0.2, 0.25) is 0 Å². The maximum Gasteiger partial charge on any atom is 0.338 e. The molecule has 0 saturated heterocycles. The fraction of sp³-hybridized carbons (Fsp3) is 0.400. The van der Waals surface area contributed by atoms with Crippen molar-refractivity contribution in [1.29, 1.82) is 0 Å². The summed E-state index contributed by atoms with van der Waals surface area (Å²) in [6.07, 6.45) is 0.723. The van der Waals surface area contributed by atoms with Crippen LogP contribution in [0.25, 0.3) is 0 Å². The topological polar surface area (TPSA) is 47.6 Å². The molecule has 0 unspecified atom stereocenters. The zero-order valence-electron chi connectivity index (χ0n) is 11.1. The molecular weight excluding hydrogens is 242 g/mol. The highest BCUT2D eigenvalue weighted by Gasteiger charge is 2.20. The minimum atomic E-state index is -0.280. The molecule has 1 N–H and O–H groups in total. The van der Waals surface area contributed by atoms with Crippen molar-refractivity contribution in [3.63, 3.8) is 0 Å². The predicted octanol–water partition coefficient (Wildman–Crippen LogP) is 2.01. The lowest BCUT2D eigenvalue weighted by Crippen LogP contribution is -2.27. The molecule has 0 saturated carbocycles. The molecule has 1 aromatic rings. The molecule has 102 valence electrons. The second kappa shape index (κ2) is 6.95. The number of hydrogen-bond donors (Lipinski definition) is 1. The van der Waals surface area contributed by atoms with Crippen LogP contribution in [0.4, 0.5) is 0 Å². The first kappa shape index (κ1) is 13.6. The summed E-state index contributed by atoms with van der Waals surface area (Å²) in [7, 11) is 0. The van der Waals surface area contributed by atoms with Gasteiger partial charge in [-0.2, -0.15) is 0 Å². The van der Waals surface area contributed by atoms with Crippen molar-refractivity contribution in [2.45, 2.75) is 19.9 Å². The lowest BCUT2D eigenvalue weighted by Gasteiger charge is -2.21. The number of nitrogens with one attached hydrogen (secondary N) is 1. The predicted molar refractivity (Wildman–Crippen MR) is 72.4 cm³/mol. The van der Waals surface area contributed by atoms with Gasteiger partial charge in [0.05, 0.1) is 25.4 Å². The first-order valence-corrected chi connectivity index (χ1v) is 6.56. The molecule has 0 fully saturated rings. The lowest BCUT2D eigenvalue weighted by molar-refractivity contribution is -0.139. The van der Waals surface area contributed by atoms with E-state index in [0.29, 0.717) is 31.9 Å². The van der Waals surface area contributed by atoms with Crippen LogP contribution in [0.15, 0.2) is 41.6 Å². The standard InChI is InChI=1S/C15H19NO3/c1-2-19-15(17)13-11-18-9-8-14(13)16-10-12-6-4-3-5-7-12/h3-7,16H,2,8-11H2,1H3. The Bertz CT molecular complexity index is 454. The van der Waals surface area contributed by atoms with Crippen molar-refractivity contribution >= 4 is 5.97 Å². The minimum absolute atomic E-state index is 0.280. The van der Waals surface area contributed by atoms with Crippen LogP contribution in [0.5, 0.6) is 0 Å². The van der Waals surface area contributed by atoms with Crippen LogP contribution < -0.4 is 5.32 Å². The number of rotatable bonds is 5. The molecule has 19 heavy (non-hydrogen) atoms. The highest BCUT2D eigenvalue weighted by atomic mass is 16.5. The molecule has 1 aliphatic heterocycles. The van der Waals surface area contributed by atoms with Crippen LogP contribution in [0, 0.1) is 0 Å². The minimum Gasteiger partial charge on any atom is -0.463 e. The number of carbonyl (C=O) groups excluding carboxylic acids is 1. The Hall–Kier alpha value is -1.81. The zero-order valence-corrected chi connectivity index (χ0v) is 11.1. The summed E-state index contributed by atoms with van der Waals surface area (Å²) in [6.45, 7) is 3.86. The van der Waals surface area contributed by atoms with Crippen molar-refractivity contribution in [2.24, 2.45) is 0 Å². The van der Waals surface area contributed by atoms with Gasteiger partial charge in [-0.05, 0) is 12.5 Å². The van der Waals surface area contributed by atoms with Crippen molar-refractivity contribution in [2.75, 3.05) is 19.8 Å². The summed E-state index contributed by atoms with van der Waals surface area (Å²) in [6, 6.07) is 10.1. The van der Waals surface area contributed by atoms with Crippen LogP contribution >= 0.6 is 0 Å². The van der Waals surface area contributed by atoms with E-state index in [0.717, 1.165) is 12.1 Å². The van der Waals surface area contributed by atoms with E-state index in [1.807, 2.05) is 18.2 Å². The summed E-state index contributed by atoms with van der Waals surface area (Å²) < 4.78 is 10.4. The zero-order chi connectivity index (χ0) is 13.5. The van der Waals surface area contributed by atoms with Gasteiger partial charge >= 0.3 is 5.97 Å². The van der Waals surface area contributed by atoms with Gasteiger partial charge in [0.1, 0.15) is 0 Å². The van der Waals surface area contributed by atoms with E-state index in [-0.39, 0.29) is 5.97 Å². The molecule has 0 amide bonds. The van der Waals surface area contributed by atoms with E-state index in [2.05, 4.69) is 17.4 Å². The fourth-order valence-electron chi connectivity index (χ4n) is 1.99. The molecule has 1 aromatic carbocycles. The average Bonchev–Trinajstić information content (AvgIpc) is 2.47. The largest absolute Gasteiger partial charge is 0.463 e. The highest BCUT2D eigenvalue weighted by molar-refractivity contribution is 5.89. The van der Waals surface area contributed by atoms with Gasteiger partial charge in [-0.15, -0.1) is 0 Å². The molecule has 4 heteroatoms. The lowest BCUT2D eigenvalue weighted by atomic mass is 10.1. The average molecular weight is 261 g/mol. The summed E-state index contributed by atoms with van der Waals surface area (Å²) >= 11 is 0. The van der Waals surface area contributed by atoms with E-state index in [9.17, 15) is 4.79 Å². The Morgan fingerprint density at radius 3 is 2.89 bits per heavy atom. The fourth-order valence-corrected chi connectivity index (χ4v) is 1.99. The molecular formula is C15H19NO3. The molecule has 0 aromatic heterocycles. The van der Waals surface area contributed by atoms with E-state index in [1.54, 1.807) is 6.92 Å². The first-order valence-electron chi connectivity index (χ1n) is 6.56. The number of hydrogen-bond acceptors (Lipinski definition) is 4. The molecule has 4 nitrogen and oxygen atoms in total. The SMILES string of the molecule is CCOC(=O)C1=C(NCc2ccccc2)CCOC1. The van der Waals surface area contributed by atoms with Crippen LogP contribution in [-0.4, -0.2) is 25.8 Å². The van der Waals surface area contributed by atoms with Gasteiger partial charge in [0.25, 0.3) is 0 Å². The van der Waals surface area contributed by atoms with Gasteiger partial charge in [-0.1, -0.05) is 30.3 Å². The van der Waals surface area contributed by atoms with E-state index in [1.165, 1.54) is 5.56 Å². The maximum absolute atomic E-state index is 11.8. The third-order valence-electron chi connectivity index (χ3n) is 2.98. The second-order valence-electron chi connectivity index (χ2n) is 4.32. The number of carbonyl (C=O) groups is 1.